The molecule has 0 aliphatic carbocycles. The fourth-order valence-electron chi connectivity index (χ4n) is 3.94. The zero-order valence-electron chi connectivity index (χ0n) is 20.4. The van der Waals surface area contributed by atoms with Crippen LogP contribution in [0.4, 0.5) is 4.39 Å². The normalized spacial score (nSPS) is 15.9. The van der Waals surface area contributed by atoms with Crippen LogP contribution in [0.25, 0.3) is 0 Å². The Kier molecular flexibility index (Phi) is 9.13. The molecule has 10 heteroatoms. The van der Waals surface area contributed by atoms with Gasteiger partial charge in [-0.1, -0.05) is 12.1 Å². The third kappa shape index (κ3) is 6.54. The summed E-state index contributed by atoms with van der Waals surface area (Å²) in [6.45, 7) is 3.33. The summed E-state index contributed by atoms with van der Waals surface area (Å²) in [5.41, 5.74) is 0.916. The highest BCUT2D eigenvalue weighted by Crippen LogP contribution is 2.40. The van der Waals surface area contributed by atoms with E-state index in [9.17, 15) is 14.0 Å². The minimum atomic E-state index is -0.778. The molecule has 0 radical (unpaired) electrons. The molecular formula is C25H31FN2O7. The molecule has 1 fully saturated rings. The van der Waals surface area contributed by atoms with Crippen LogP contribution in [0.5, 0.6) is 23.0 Å². The number of rotatable bonds is 10. The molecule has 0 spiro atoms. The van der Waals surface area contributed by atoms with Crippen molar-refractivity contribution >= 4 is 11.9 Å². The number of amides is 1. The summed E-state index contributed by atoms with van der Waals surface area (Å²) in [4.78, 5) is 29.3. The Labute approximate surface area is 204 Å². The van der Waals surface area contributed by atoms with E-state index in [1.807, 2.05) is 4.90 Å². The van der Waals surface area contributed by atoms with E-state index in [1.165, 1.54) is 38.4 Å². The van der Waals surface area contributed by atoms with Gasteiger partial charge in [-0.25, -0.2) is 9.18 Å². The number of benzene rings is 2. The van der Waals surface area contributed by atoms with E-state index < -0.39 is 12.0 Å². The van der Waals surface area contributed by atoms with Gasteiger partial charge in [0.1, 0.15) is 17.6 Å². The first-order chi connectivity index (χ1) is 16.9. The lowest BCUT2D eigenvalue weighted by molar-refractivity contribution is -0.159. The van der Waals surface area contributed by atoms with Crippen molar-refractivity contribution in [2.75, 3.05) is 54.2 Å². The van der Waals surface area contributed by atoms with Gasteiger partial charge in [0.25, 0.3) is 5.91 Å². The molecule has 1 atom stereocenters. The van der Waals surface area contributed by atoms with Crippen LogP contribution in [0.3, 0.4) is 0 Å². The molecule has 1 saturated heterocycles. The number of halogens is 1. The SMILES string of the molecule is CCOC(=O)C1CN(Cc2ccc(F)cc2)CCN1C(=O)COc1cc(OC)c(OC)c(OC)c1. The summed E-state index contributed by atoms with van der Waals surface area (Å²) in [5, 5.41) is 0. The van der Waals surface area contributed by atoms with Crippen LogP contribution < -0.4 is 18.9 Å². The summed E-state index contributed by atoms with van der Waals surface area (Å²) in [5.74, 6) is 0.432. The third-order valence-corrected chi connectivity index (χ3v) is 5.66. The molecule has 0 N–H and O–H groups in total. The maximum absolute atomic E-state index is 13.2. The molecule has 190 valence electrons. The molecule has 35 heavy (non-hydrogen) atoms. The summed E-state index contributed by atoms with van der Waals surface area (Å²) in [6.07, 6.45) is 0. The number of esters is 1. The van der Waals surface area contributed by atoms with Crippen molar-refractivity contribution in [3.63, 3.8) is 0 Å². The Balaban J connectivity index is 1.69. The van der Waals surface area contributed by atoms with E-state index in [1.54, 1.807) is 31.2 Å². The van der Waals surface area contributed by atoms with E-state index in [0.29, 0.717) is 49.2 Å². The van der Waals surface area contributed by atoms with Gasteiger partial charge in [0.05, 0.1) is 27.9 Å². The van der Waals surface area contributed by atoms with E-state index >= 15 is 0 Å². The topological polar surface area (TPSA) is 86.8 Å². The van der Waals surface area contributed by atoms with Gasteiger partial charge in [-0.3, -0.25) is 9.69 Å². The van der Waals surface area contributed by atoms with Crippen LogP contribution in [0, 0.1) is 5.82 Å². The van der Waals surface area contributed by atoms with Crippen LogP contribution in [-0.2, 0) is 20.9 Å². The number of hydrogen-bond donors (Lipinski definition) is 0. The van der Waals surface area contributed by atoms with Crippen molar-refractivity contribution in [1.29, 1.82) is 0 Å². The maximum Gasteiger partial charge on any atom is 0.330 e. The molecule has 1 amide bonds. The van der Waals surface area contributed by atoms with Gasteiger partial charge in [0.2, 0.25) is 5.75 Å². The smallest absolute Gasteiger partial charge is 0.330 e. The fourth-order valence-corrected chi connectivity index (χ4v) is 3.94. The molecule has 9 nitrogen and oxygen atoms in total. The van der Waals surface area contributed by atoms with Crippen molar-refractivity contribution in [3.8, 4) is 23.0 Å². The number of ether oxygens (including phenoxy) is 5. The molecule has 0 saturated carbocycles. The maximum atomic E-state index is 13.2. The van der Waals surface area contributed by atoms with Gasteiger partial charge in [-0.2, -0.15) is 0 Å². The van der Waals surface area contributed by atoms with Gasteiger partial charge >= 0.3 is 5.97 Å². The molecule has 1 unspecified atom stereocenters. The van der Waals surface area contributed by atoms with Gasteiger partial charge < -0.3 is 28.6 Å². The molecule has 3 rings (SSSR count). The van der Waals surface area contributed by atoms with Crippen LogP contribution >= 0.6 is 0 Å². The van der Waals surface area contributed by atoms with Crippen molar-refractivity contribution in [2.24, 2.45) is 0 Å². The summed E-state index contributed by atoms with van der Waals surface area (Å²) in [7, 11) is 4.47. The second kappa shape index (κ2) is 12.3. The van der Waals surface area contributed by atoms with Gasteiger partial charge in [0.15, 0.2) is 18.1 Å². The number of carbonyl (C=O) groups is 2. The quantitative estimate of drug-likeness (QED) is 0.470. The number of piperazine rings is 1. The molecule has 2 aromatic carbocycles. The molecule has 2 aromatic rings. The predicted octanol–water partition coefficient (Wildman–Crippen LogP) is 2.51. The van der Waals surface area contributed by atoms with Gasteiger partial charge in [0, 0.05) is 38.3 Å². The number of carbonyl (C=O) groups excluding carboxylic acids is 2. The van der Waals surface area contributed by atoms with E-state index in [2.05, 4.69) is 0 Å². The first kappa shape index (κ1) is 26.1. The lowest BCUT2D eigenvalue weighted by atomic mass is 10.1. The standard InChI is InChI=1S/C25H31FN2O7/c1-5-34-25(30)20-15-27(14-17-6-8-18(26)9-7-17)10-11-28(20)23(29)16-35-19-12-21(31-2)24(33-4)22(13-19)32-3/h6-9,12-13,20H,5,10-11,14-16H2,1-4H3. The average molecular weight is 491 g/mol. The van der Waals surface area contributed by atoms with Crippen LogP contribution in [0.15, 0.2) is 36.4 Å². The number of nitrogens with zero attached hydrogens (tertiary/aromatic N) is 2. The monoisotopic (exact) mass is 490 g/mol. The van der Waals surface area contributed by atoms with Gasteiger partial charge in [-0.15, -0.1) is 0 Å². The lowest BCUT2D eigenvalue weighted by Gasteiger charge is -2.40. The van der Waals surface area contributed by atoms with Crippen molar-refractivity contribution < 1.29 is 37.7 Å². The minimum absolute atomic E-state index is 0.206. The molecule has 1 aliphatic rings. The Hall–Kier alpha value is -3.53. The summed E-state index contributed by atoms with van der Waals surface area (Å²) in [6, 6.07) is 8.63. The highest BCUT2D eigenvalue weighted by atomic mass is 19.1. The average Bonchev–Trinajstić information content (AvgIpc) is 2.87. The second-order valence-corrected chi connectivity index (χ2v) is 7.87. The predicted molar refractivity (Wildman–Crippen MR) is 125 cm³/mol. The summed E-state index contributed by atoms with van der Waals surface area (Å²) >= 11 is 0. The van der Waals surface area contributed by atoms with Crippen molar-refractivity contribution in [2.45, 2.75) is 19.5 Å². The molecule has 0 bridgehead atoms. The Morgan fingerprint density at radius 3 is 2.23 bits per heavy atom. The van der Waals surface area contributed by atoms with E-state index in [-0.39, 0.29) is 24.9 Å². The zero-order valence-corrected chi connectivity index (χ0v) is 20.4. The zero-order chi connectivity index (χ0) is 25.4. The third-order valence-electron chi connectivity index (χ3n) is 5.66. The molecule has 1 heterocycles. The highest BCUT2D eigenvalue weighted by molar-refractivity contribution is 5.86. The summed E-state index contributed by atoms with van der Waals surface area (Å²) < 4.78 is 40.1. The Morgan fingerprint density at radius 1 is 1.00 bits per heavy atom. The fraction of sp³-hybridized carbons (Fsp3) is 0.440. The van der Waals surface area contributed by atoms with Crippen molar-refractivity contribution in [3.05, 3.63) is 47.8 Å². The lowest BCUT2D eigenvalue weighted by Crippen LogP contribution is -2.59. The Bertz CT molecular complexity index is 990. The molecular weight excluding hydrogens is 459 g/mol. The van der Waals surface area contributed by atoms with Gasteiger partial charge in [-0.05, 0) is 24.6 Å². The van der Waals surface area contributed by atoms with Crippen LogP contribution in [-0.4, -0.2) is 81.9 Å². The first-order valence-corrected chi connectivity index (χ1v) is 11.3. The van der Waals surface area contributed by atoms with Crippen molar-refractivity contribution in [1.82, 2.24) is 9.80 Å². The highest BCUT2D eigenvalue weighted by Gasteiger charge is 2.36. The first-order valence-electron chi connectivity index (χ1n) is 11.3. The molecule has 0 aromatic heterocycles. The Morgan fingerprint density at radius 2 is 1.66 bits per heavy atom. The largest absolute Gasteiger partial charge is 0.493 e. The van der Waals surface area contributed by atoms with E-state index in [0.717, 1.165) is 5.56 Å². The molecule has 1 aliphatic heterocycles. The number of methoxy groups -OCH3 is 3. The number of hydrogen-bond acceptors (Lipinski definition) is 8. The van der Waals surface area contributed by atoms with Crippen LogP contribution in [0.1, 0.15) is 12.5 Å². The van der Waals surface area contributed by atoms with E-state index in [4.69, 9.17) is 23.7 Å². The minimum Gasteiger partial charge on any atom is -0.493 e. The van der Waals surface area contributed by atoms with Crippen LogP contribution in [0.2, 0.25) is 0 Å². The second-order valence-electron chi connectivity index (χ2n) is 7.87.